The monoisotopic (exact) mass is 272 g/mol. The summed E-state index contributed by atoms with van der Waals surface area (Å²) in [6.45, 7) is 6.72. The minimum absolute atomic E-state index is 0. The molecule has 0 aliphatic heterocycles. The summed E-state index contributed by atoms with van der Waals surface area (Å²) in [5.41, 5.74) is 0. The zero-order chi connectivity index (χ0) is 14.8. The predicted octanol–water partition coefficient (Wildman–Crippen LogP) is 3.71. The number of rotatable bonds is 0. The first-order valence-electron chi connectivity index (χ1n) is 5.63. The summed E-state index contributed by atoms with van der Waals surface area (Å²) in [5.74, 6) is -0.491. The van der Waals surface area contributed by atoms with Gasteiger partial charge in [-0.3, -0.25) is 9.59 Å². The van der Waals surface area contributed by atoms with Crippen LogP contribution in [0.15, 0.2) is 36.4 Å². The first-order valence-corrected chi connectivity index (χ1v) is 5.63. The van der Waals surface area contributed by atoms with Crippen molar-refractivity contribution in [2.45, 2.75) is 35.1 Å². The van der Waals surface area contributed by atoms with E-state index >= 15 is 0 Å². The van der Waals surface area contributed by atoms with Crippen LogP contribution in [0.25, 0.3) is 0 Å². The first-order chi connectivity index (χ1) is 8.54. The minimum Gasteiger partial charge on any atom is -0.469 e. The zero-order valence-electron chi connectivity index (χ0n) is 12.1. The molecule has 0 radical (unpaired) electrons. The smallest absolute Gasteiger partial charge is 0.302 e. The number of hydrogen-bond acceptors (Lipinski definition) is 4. The Morgan fingerprint density at radius 3 is 0.842 bits per heavy atom. The molecule has 0 saturated heterocycles. The van der Waals surface area contributed by atoms with Gasteiger partial charge >= 0.3 is 11.9 Å². The van der Waals surface area contributed by atoms with E-state index in [1.165, 1.54) is 28.1 Å². The van der Waals surface area contributed by atoms with E-state index in [-0.39, 0.29) is 19.4 Å². The van der Waals surface area contributed by atoms with E-state index in [9.17, 15) is 9.59 Å². The Morgan fingerprint density at radius 2 is 0.789 bits per heavy atom. The lowest BCUT2D eigenvalue weighted by Gasteiger charge is -1.80. The Labute approximate surface area is 117 Å². The summed E-state index contributed by atoms with van der Waals surface area (Å²) in [7, 11) is 2.70. The molecule has 0 saturated carbocycles. The van der Waals surface area contributed by atoms with Gasteiger partial charge in [0, 0.05) is 13.8 Å². The molecule has 112 valence electrons. The third-order valence-electron chi connectivity index (χ3n) is 1.24. The third kappa shape index (κ3) is 48.7. The maximum absolute atomic E-state index is 9.59. The molecule has 0 aromatic heterocycles. The van der Waals surface area contributed by atoms with Crippen LogP contribution < -0.4 is 0 Å². The zero-order valence-corrected chi connectivity index (χ0v) is 12.1. The van der Waals surface area contributed by atoms with E-state index in [4.69, 9.17) is 0 Å². The molecular weight excluding hydrogens is 244 g/mol. The van der Waals surface area contributed by atoms with Crippen molar-refractivity contribution in [2.24, 2.45) is 0 Å². The van der Waals surface area contributed by atoms with Gasteiger partial charge in [-0.1, -0.05) is 57.7 Å². The second-order valence-corrected chi connectivity index (χ2v) is 2.55. The second-order valence-electron chi connectivity index (χ2n) is 2.55. The average molecular weight is 272 g/mol. The van der Waals surface area contributed by atoms with Crippen molar-refractivity contribution in [1.29, 1.82) is 0 Å². The van der Waals surface area contributed by atoms with Crippen LogP contribution in [-0.4, -0.2) is 26.2 Å². The van der Waals surface area contributed by atoms with Gasteiger partial charge < -0.3 is 9.47 Å². The van der Waals surface area contributed by atoms with Gasteiger partial charge in [0.2, 0.25) is 0 Å². The van der Waals surface area contributed by atoms with Crippen molar-refractivity contribution >= 4 is 11.9 Å². The fraction of sp³-hybridized carbons (Fsp3) is 0.467. The van der Waals surface area contributed by atoms with Gasteiger partial charge in [0.15, 0.2) is 0 Å². The minimum atomic E-state index is -0.245. The predicted molar refractivity (Wildman–Crippen MR) is 79.9 cm³/mol. The van der Waals surface area contributed by atoms with E-state index in [1.807, 2.05) is 50.2 Å². The molecule has 0 fully saturated rings. The van der Waals surface area contributed by atoms with Crippen LogP contribution in [0.3, 0.4) is 0 Å². The highest BCUT2D eigenvalue weighted by Crippen LogP contribution is 1.79. The van der Waals surface area contributed by atoms with Crippen molar-refractivity contribution in [2.75, 3.05) is 14.2 Å². The number of benzene rings is 1. The van der Waals surface area contributed by atoms with Crippen LogP contribution in [0.5, 0.6) is 0 Å². The molecule has 4 heteroatoms. The molecule has 0 amide bonds. The lowest BCUT2D eigenvalue weighted by molar-refractivity contribution is -0.138. The average Bonchev–Trinajstić information content (AvgIpc) is 2.44. The molecule has 0 unspecified atom stereocenters. The van der Waals surface area contributed by atoms with Crippen LogP contribution in [0.4, 0.5) is 0 Å². The molecule has 0 bridgehead atoms. The number of esters is 2. The van der Waals surface area contributed by atoms with E-state index in [0.29, 0.717) is 0 Å². The highest BCUT2D eigenvalue weighted by molar-refractivity contribution is 5.65. The van der Waals surface area contributed by atoms with Crippen LogP contribution in [0.1, 0.15) is 35.1 Å². The summed E-state index contributed by atoms with van der Waals surface area (Å²) < 4.78 is 8.22. The Bertz CT molecular complexity index is 230. The van der Waals surface area contributed by atoms with Crippen molar-refractivity contribution in [3.05, 3.63) is 36.4 Å². The normalized spacial score (nSPS) is 6.42. The third-order valence-corrected chi connectivity index (χ3v) is 1.24. The van der Waals surface area contributed by atoms with Gasteiger partial charge in [-0.25, -0.2) is 0 Å². The van der Waals surface area contributed by atoms with Crippen LogP contribution in [0, 0.1) is 0 Å². The standard InChI is InChI=1S/C6H6.2C3H6O2.C2H6.CH4/c1-2-4-6-5-3-1;2*1-3(4)5-2;1-2;/h1-6H;2*1-2H3;1-2H3;1H4. The molecule has 1 rings (SSSR count). The Kier molecular flexibility index (Phi) is 34.2. The van der Waals surface area contributed by atoms with Gasteiger partial charge in [-0.05, 0) is 0 Å². The molecular formula is C15H28O4. The van der Waals surface area contributed by atoms with E-state index in [0.717, 1.165) is 0 Å². The van der Waals surface area contributed by atoms with Crippen LogP contribution in [0.2, 0.25) is 0 Å². The maximum Gasteiger partial charge on any atom is 0.302 e. The van der Waals surface area contributed by atoms with Crippen molar-refractivity contribution in [1.82, 2.24) is 0 Å². The fourth-order valence-corrected chi connectivity index (χ4v) is 0.385. The molecule has 0 heterocycles. The number of carbonyl (C=O) groups is 2. The number of ether oxygens (including phenoxy) is 2. The van der Waals surface area contributed by atoms with E-state index < -0.39 is 0 Å². The van der Waals surface area contributed by atoms with Crippen molar-refractivity contribution in [3.63, 3.8) is 0 Å². The number of methoxy groups -OCH3 is 2. The van der Waals surface area contributed by atoms with E-state index in [2.05, 4.69) is 9.47 Å². The number of hydrogen-bond donors (Lipinski definition) is 0. The quantitative estimate of drug-likeness (QED) is 0.676. The summed E-state index contributed by atoms with van der Waals surface area (Å²) in [4.78, 5) is 19.2. The van der Waals surface area contributed by atoms with Gasteiger partial charge in [0.25, 0.3) is 0 Å². The topological polar surface area (TPSA) is 52.6 Å². The summed E-state index contributed by atoms with van der Waals surface area (Å²) in [6, 6.07) is 12.0. The molecule has 0 N–H and O–H groups in total. The molecule has 0 spiro atoms. The highest BCUT2D eigenvalue weighted by atomic mass is 16.5. The lowest BCUT2D eigenvalue weighted by Crippen LogP contribution is -1.88. The molecule has 19 heavy (non-hydrogen) atoms. The second kappa shape index (κ2) is 25.1. The number of carbonyl (C=O) groups excluding carboxylic acids is 2. The molecule has 0 aliphatic rings. The first kappa shape index (κ1) is 25.9. The Morgan fingerprint density at radius 1 is 0.684 bits per heavy atom. The summed E-state index contributed by atoms with van der Waals surface area (Å²) >= 11 is 0. The Balaban J connectivity index is -0.0000000819. The SMILES string of the molecule is C.CC.COC(C)=O.COC(C)=O.c1ccccc1. The van der Waals surface area contributed by atoms with Gasteiger partial charge in [0.1, 0.15) is 0 Å². The lowest BCUT2D eigenvalue weighted by atomic mass is 10.4. The van der Waals surface area contributed by atoms with Crippen molar-refractivity contribution < 1.29 is 19.1 Å². The van der Waals surface area contributed by atoms with Crippen LogP contribution >= 0.6 is 0 Å². The molecule has 1 aromatic rings. The fourth-order valence-electron chi connectivity index (χ4n) is 0.385. The van der Waals surface area contributed by atoms with Crippen molar-refractivity contribution in [3.8, 4) is 0 Å². The van der Waals surface area contributed by atoms with E-state index in [1.54, 1.807) is 0 Å². The largest absolute Gasteiger partial charge is 0.469 e. The molecule has 0 aliphatic carbocycles. The molecule has 4 nitrogen and oxygen atoms in total. The van der Waals surface area contributed by atoms with Gasteiger partial charge in [-0.2, -0.15) is 0 Å². The molecule has 1 aromatic carbocycles. The maximum atomic E-state index is 9.59. The summed E-state index contributed by atoms with van der Waals surface area (Å²) in [6.07, 6.45) is 0. The highest BCUT2D eigenvalue weighted by Gasteiger charge is 1.76. The van der Waals surface area contributed by atoms with Gasteiger partial charge in [0.05, 0.1) is 14.2 Å². The van der Waals surface area contributed by atoms with Crippen LogP contribution in [-0.2, 0) is 19.1 Å². The molecule has 0 atom stereocenters. The Hall–Kier alpha value is -1.84. The summed E-state index contributed by atoms with van der Waals surface area (Å²) in [5, 5.41) is 0. The van der Waals surface area contributed by atoms with Gasteiger partial charge in [-0.15, -0.1) is 0 Å².